The molecule has 0 aliphatic rings. The van der Waals surface area contributed by atoms with Crippen molar-refractivity contribution < 1.29 is 9.53 Å². The molecule has 1 aromatic carbocycles. The summed E-state index contributed by atoms with van der Waals surface area (Å²) in [7, 11) is 0. The van der Waals surface area contributed by atoms with Crippen LogP contribution in [0.1, 0.15) is 48.7 Å². The van der Waals surface area contributed by atoms with Crippen LogP contribution in [-0.4, -0.2) is 22.7 Å². The van der Waals surface area contributed by atoms with Crippen molar-refractivity contribution in [1.29, 1.82) is 0 Å². The van der Waals surface area contributed by atoms with E-state index >= 15 is 0 Å². The minimum Gasteiger partial charge on any atom is -0.484 e. The minimum absolute atomic E-state index is 0.0829. The molecule has 1 heterocycles. The van der Waals surface area contributed by atoms with Crippen molar-refractivity contribution in [3.63, 3.8) is 0 Å². The van der Waals surface area contributed by atoms with Crippen LogP contribution in [0.3, 0.4) is 0 Å². The van der Waals surface area contributed by atoms with Crippen LogP contribution in [0.4, 0.5) is 5.13 Å². The van der Waals surface area contributed by atoms with Gasteiger partial charge in [-0.05, 0) is 49.9 Å². The number of aromatic nitrogens is 2. The van der Waals surface area contributed by atoms with Gasteiger partial charge in [-0.25, -0.2) is 0 Å². The maximum absolute atomic E-state index is 12.0. The van der Waals surface area contributed by atoms with Crippen molar-refractivity contribution >= 4 is 34.0 Å². The van der Waals surface area contributed by atoms with Crippen LogP contribution < -0.4 is 10.1 Å². The van der Waals surface area contributed by atoms with Gasteiger partial charge in [0.25, 0.3) is 5.91 Å². The number of hydrogen-bond donors (Lipinski definition) is 1. The standard InChI is InChI=1S/C17H22ClN3O2S/c1-5-12(6-2)16-20-21-17(24-16)19-14(22)9-23-13-7-10(3)15(18)11(4)8-13/h7-8,12H,5-6,9H2,1-4H3,(H,19,21,22). The lowest BCUT2D eigenvalue weighted by Crippen LogP contribution is -2.20. The summed E-state index contributed by atoms with van der Waals surface area (Å²) in [6.07, 6.45) is 2.02. The molecule has 0 spiro atoms. The number of anilines is 1. The molecule has 2 aromatic rings. The molecule has 1 aromatic heterocycles. The lowest BCUT2D eigenvalue weighted by molar-refractivity contribution is -0.118. The van der Waals surface area contributed by atoms with E-state index < -0.39 is 0 Å². The smallest absolute Gasteiger partial charge is 0.264 e. The van der Waals surface area contributed by atoms with Crippen molar-refractivity contribution in [2.75, 3.05) is 11.9 Å². The van der Waals surface area contributed by atoms with Gasteiger partial charge in [-0.3, -0.25) is 10.1 Å². The first-order valence-electron chi connectivity index (χ1n) is 7.97. The monoisotopic (exact) mass is 367 g/mol. The molecule has 7 heteroatoms. The maximum Gasteiger partial charge on any atom is 0.264 e. The Balaban J connectivity index is 1.92. The van der Waals surface area contributed by atoms with Gasteiger partial charge in [0.15, 0.2) is 6.61 Å². The van der Waals surface area contributed by atoms with E-state index in [0.29, 0.717) is 16.8 Å². The van der Waals surface area contributed by atoms with Crippen LogP contribution in [0, 0.1) is 13.8 Å². The van der Waals surface area contributed by atoms with Crippen LogP contribution in [0.2, 0.25) is 5.02 Å². The van der Waals surface area contributed by atoms with Crippen molar-refractivity contribution in [1.82, 2.24) is 10.2 Å². The van der Waals surface area contributed by atoms with Gasteiger partial charge in [0, 0.05) is 10.9 Å². The first-order valence-corrected chi connectivity index (χ1v) is 9.16. The number of carbonyl (C=O) groups is 1. The molecule has 24 heavy (non-hydrogen) atoms. The predicted octanol–water partition coefficient (Wildman–Crippen LogP) is 4.73. The van der Waals surface area contributed by atoms with E-state index in [9.17, 15) is 4.79 Å². The Morgan fingerprint density at radius 2 is 1.88 bits per heavy atom. The van der Waals surface area contributed by atoms with Gasteiger partial charge < -0.3 is 4.74 Å². The number of carbonyl (C=O) groups excluding carboxylic acids is 1. The van der Waals surface area contributed by atoms with E-state index in [2.05, 4.69) is 29.4 Å². The molecule has 0 atom stereocenters. The molecule has 0 aliphatic carbocycles. The summed E-state index contributed by atoms with van der Waals surface area (Å²) in [5, 5.41) is 13.1. The zero-order valence-corrected chi connectivity index (χ0v) is 15.9. The highest BCUT2D eigenvalue weighted by Crippen LogP contribution is 2.28. The lowest BCUT2D eigenvalue weighted by Gasteiger charge is -2.09. The van der Waals surface area contributed by atoms with Gasteiger partial charge in [-0.15, -0.1) is 10.2 Å². The highest BCUT2D eigenvalue weighted by molar-refractivity contribution is 7.15. The molecule has 0 unspecified atom stereocenters. The average molecular weight is 368 g/mol. The number of amides is 1. The molecule has 0 fully saturated rings. The third kappa shape index (κ3) is 4.68. The van der Waals surface area contributed by atoms with Crippen molar-refractivity contribution in [2.45, 2.75) is 46.5 Å². The number of halogens is 1. The summed E-state index contributed by atoms with van der Waals surface area (Å²) in [6.45, 7) is 7.97. The molecular weight excluding hydrogens is 346 g/mol. The molecular formula is C17H22ClN3O2S. The first-order chi connectivity index (χ1) is 11.4. The number of hydrogen-bond acceptors (Lipinski definition) is 5. The molecule has 0 radical (unpaired) electrons. The molecule has 2 rings (SSSR count). The first kappa shape index (κ1) is 18.7. The van der Waals surface area contributed by atoms with Crippen LogP contribution in [0.5, 0.6) is 5.75 Å². The summed E-state index contributed by atoms with van der Waals surface area (Å²) in [6, 6.07) is 3.64. The molecule has 0 saturated carbocycles. The van der Waals surface area contributed by atoms with Gasteiger partial charge in [-0.2, -0.15) is 0 Å². The predicted molar refractivity (Wildman–Crippen MR) is 98.3 cm³/mol. The second kappa shape index (κ2) is 8.44. The molecule has 1 amide bonds. The van der Waals surface area contributed by atoms with E-state index in [1.54, 1.807) is 0 Å². The molecule has 0 bridgehead atoms. The summed E-state index contributed by atoms with van der Waals surface area (Å²) in [5.74, 6) is 0.761. The third-order valence-corrected chi connectivity index (χ3v) is 5.40. The number of aryl methyl sites for hydroxylation is 2. The fourth-order valence-corrected chi connectivity index (χ4v) is 3.52. The Kier molecular flexibility index (Phi) is 6.57. The molecule has 130 valence electrons. The normalized spacial score (nSPS) is 10.9. The van der Waals surface area contributed by atoms with Gasteiger partial charge in [0.2, 0.25) is 5.13 Å². The number of ether oxygens (including phenoxy) is 1. The summed E-state index contributed by atoms with van der Waals surface area (Å²) in [5.41, 5.74) is 1.84. The van der Waals surface area contributed by atoms with Crippen LogP contribution >= 0.6 is 22.9 Å². The van der Waals surface area contributed by atoms with Gasteiger partial charge >= 0.3 is 0 Å². The number of nitrogens with one attached hydrogen (secondary N) is 1. The second-order valence-electron chi connectivity index (χ2n) is 5.67. The molecule has 0 saturated heterocycles. The lowest BCUT2D eigenvalue weighted by atomic mass is 10.1. The fourth-order valence-electron chi connectivity index (χ4n) is 2.38. The maximum atomic E-state index is 12.0. The van der Waals surface area contributed by atoms with Crippen molar-refractivity contribution in [2.24, 2.45) is 0 Å². The Labute approximate surface area is 151 Å². The quantitative estimate of drug-likeness (QED) is 0.768. The van der Waals surface area contributed by atoms with Gasteiger partial charge in [-0.1, -0.05) is 36.8 Å². The number of nitrogens with zero attached hydrogens (tertiary/aromatic N) is 2. The van der Waals surface area contributed by atoms with Gasteiger partial charge in [0.1, 0.15) is 10.8 Å². The highest BCUT2D eigenvalue weighted by Gasteiger charge is 2.15. The minimum atomic E-state index is -0.257. The van der Waals surface area contributed by atoms with Crippen LogP contribution in [0.15, 0.2) is 12.1 Å². The largest absolute Gasteiger partial charge is 0.484 e. The number of benzene rings is 1. The average Bonchev–Trinajstić information content (AvgIpc) is 3.00. The molecule has 1 N–H and O–H groups in total. The van der Waals surface area contributed by atoms with Crippen molar-refractivity contribution in [3.8, 4) is 5.75 Å². The topological polar surface area (TPSA) is 64.1 Å². The molecule has 0 aliphatic heterocycles. The zero-order valence-electron chi connectivity index (χ0n) is 14.4. The Morgan fingerprint density at radius 1 is 1.25 bits per heavy atom. The van der Waals surface area contributed by atoms with Crippen molar-refractivity contribution in [3.05, 3.63) is 33.3 Å². The third-order valence-electron chi connectivity index (χ3n) is 3.80. The molecule has 5 nitrogen and oxygen atoms in total. The second-order valence-corrected chi connectivity index (χ2v) is 7.05. The fraction of sp³-hybridized carbons (Fsp3) is 0.471. The van der Waals surface area contributed by atoms with E-state index in [4.69, 9.17) is 16.3 Å². The Bertz CT molecular complexity index is 691. The summed E-state index contributed by atoms with van der Waals surface area (Å²) >= 11 is 7.54. The summed E-state index contributed by atoms with van der Waals surface area (Å²) < 4.78 is 5.54. The Morgan fingerprint density at radius 3 is 2.46 bits per heavy atom. The van der Waals surface area contributed by atoms with Gasteiger partial charge in [0.05, 0.1) is 0 Å². The number of rotatable bonds is 7. The highest BCUT2D eigenvalue weighted by atomic mass is 35.5. The zero-order chi connectivity index (χ0) is 17.7. The Hall–Kier alpha value is -1.66. The van der Waals surface area contributed by atoms with Crippen LogP contribution in [0.25, 0.3) is 0 Å². The van der Waals surface area contributed by atoms with E-state index in [0.717, 1.165) is 34.0 Å². The van der Waals surface area contributed by atoms with E-state index in [1.807, 2.05) is 26.0 Å². The van der Waals surface area contributed by atoms with Crippen LogP contribution in [-0.2, 0) is 4.79 Å². The summed E-state index contributed by atoms with van der Waals surface area (Å²) in [4.78, 5) is 12.0. The van der Waals surface area contributed by atoms with E-state index in [-0.39, 0.29) is 12.5 Å². The van der Waals surface area contributed by atoms with E-state index in [1.165, 1.54) is 11.3 Å². The SMILES string of the molecule is CCC(CC)c1nnc(NC(=O)COc2cc(C)c(Cl)c(C)c2)s1.